The molecule has 1 fully saturated rings. The number of carbonyl (C=O) groups excluding carboxylic acids is 1. The summed E-state index contributed by atoms with van der Waals surface area (Å²) in [5.74, 6) is 1.37. The Bertz CT molecular complexity index is 1260. The van der Waals surface area contributed by atoms with E-state index in [0.717, 1.165) is 52.7 Å². The highest BCUT2D eigenvalue weighted by molar-refractivity contribution is 5.94. The zero-order valence-corrected chi connectivity index (χ0v) is 18.2. The van der Waals surface area contributed by atoms with Crippen LogP contribution in [0.15, 0.2) is 48.5 Å². The van der Waals surface area contributed by atoms with Gasteiger partial charge in [-0.1, -0.05) is 18.2 Å². The number of anilines is 1. The van der Waals surface area contributed by atoms with Crippen molar-refractivity contribution in [3.8, 4) is 17.1 Å². The Balaban J connectivity index is 1.65. The lowest BCUT2D eigenvalue weighted by molar-refractivity contribution is 0.0526. The van der Waals surface area contributed by atoms with Crippen LogP contribution in [-0.2, 0) is 9.47 Å². The van der Waals surface area contributed by atoms with Gasteiger partial charge in [-0.05, 0) is 44.2 Å². The molecule has 1 N–H and O–H groups in total. The van der Waals surface area contributed by atoms with Gasteiger partial charge in [-0.15, -0.1) is 0 Å². The predicted octanol–water partition coefficient (Wildman–Crippen LogP) is 3.74. The van der Waals surface area contributed by atoms with Gasteiger partial charge in [-0.3, -0.25) is 0 Å². The van der Waals surface area contributed by atoms with Gasteiger partial charge < -0.3 is 19.4 Å². The smallest absolute Gasteiger partial charge is 0.338 e. The maximum absolute atomic E-state index is 12.2. The molecule has 164 valence electrons. The third-order valence-corrected chi connectivity index (χ3v) is 5.58. The molecule has 0 aliphatic carbocycles. The van der Waals surface area contributed by atoms with Crippen LogP contribution < -0.4 is 4.90 Å². The Labute approximate surface area is 185 Å². The van der Waals surface area contributed by atoms with E-state index < -0.39 is 0 Å². The van der Waals surface area contributed by atoms with Crippen molar-refractivity contribution in [2.75, 3.05) is 37.8 Å². The number of nitrogens with zero attached hydrogens (tertiary/aromatic N) is 4. The highest BCUT2D eigenvalue weighted by Crippen LogP contribution is 2.36. The van der Waals surface area contributed by atoms with Gasteiger partial charge in [0.05, 0.1) is 53.4 Å². The first kappa shape index (κ1) is 20.3. The minimum absolute atomic E-state index is 0.339. The van der Waals surface area contributed by atoms with E-state index in [0.29, 0.717) is 25.4 Å². The molecule has 0 radical (unpaired) electrons. The van der Waals surface area contributed by atoms with Crippen LogP contribution in [0.3, 0.4) is 0 Å². The van der Waals surface area contributed by atoms with Gasteiger partial charge in [-0.2, -0.15) is 5.10 Å². The molecule has 3 heterocycles. The number of morpholine rings is 1. The lowest BCUT2D eigenvalue weighted by Crippen LogP contribution is -2.37. The number of nitrogens with one attached hydrogen (secondary N) is 1. The second-order valence-corrected chi connectivity index (χ2v) is 7.67. The van der Waals surface area contributed by atoms with Crippen LogP contribution in [-0.4, -0.2) is 58.6 Å². The van der Waals surface area contributed by atoms with E-state index in [1.165, 1.54) is 0 Å². The monoisotopic (exact) mass is 431 g/mol. The van der Waals surface area contributed by atoms with E-state index in [1.54, 1.807) is 19.1 Å². The van der Waals surface area contributed by atoms with Crippen LogP contribution in [0.4, 0.5) is 5.82 Å². The Morgan fingerprint density at radius 3 is 2.69 bits per heavy atom. The van der Waals surface area contributed by atoms with Gasteiger partial charge in [0, 0.05) is 13.1 Å². The third kappa shape index (κ3) is 3.62. The number of carbonyl (C=O) groups is 1. The molecular formula is C24H25N5O3. The Morgan fingerprint density at radius 2 is 1.94 bits per heavy atom. The Kier molecular flexibility index (Phi) is 5.36. The number of para-hydroxylation sites is 1. The summed E-state index contributed by atoms with van der Waals surface area (Å²) in [5, 5.41) is 4.87. The quantitative estimate of drug-likeness (QED) is 0.485. The van der Waals surface area contributed by atoms with E-state index in [2.05, 4.69) is 9.88 Å². The number of hydrogen-bond acceptors (Lipinski definition) is 6. The van der Waals surface area contributed by atoms with Crippen LogP contribution in [0.1, 0.15) is 23.0 Å². The third-order valence-electron chi connectivity index (χ3n) is 5.58. The second-order valence-electron chi connectivity index (χ2n) is 7.67. The number of hydrogen-bond donors (Lipinski definition) is 1. The van der Waals surface area contributed by atoms with Gasteiger partial charge in [0.1, 0.15) is 11.6 Å². The van der Waals surface area contributed by atoms with Crippen LogP contribution in [0.2, 0.25) is 0 Å². The largest absolute Gasteiger partial charge is 0.462 e. The summed E-state index contributed by atoms with van der Waals surface area (Å²) in [4.78, 5) is 22.7. The van der Waals surface area contributed by atoms with Crippen LogP contribution in [0.5, 0.6) is 0 Å². The summed E-state index contributed by atoms with van der Waals surface area (Å²) in [6.07, 6.45) is 0. The molecule has 0 unspecified atom stereocenters. The van der Waals surface area contributed by atoms with Crippen molar-refractivity contribution < 1.29 is 14.3 Å². The molecule has 0 atom stereocenters. The molecule has 0 amide bonds. The number of H-pyrrole nitrogens is 1. The van der Waals surface area contributed by atoms with Crippen LogP contribution >= 0.6 is 0 Å². The summed E-state index contributed by atoms with van der Waals surface area (Å²) in [6.45, 7) is 7.02. The van der Waals surface area contributed by atoms with E-state index >= 15 is 0 Å². The number of aryl methyl sites for hydroxylation is 1. The highest BCUT2D eigenvalue weighted by Gasteiger charge is 2.26. The van der Waals surface area contributed by atoms with Crippen molar-refractivity contribution in [1.29, 1.82) is 0 Å². The minimum Gasteiger partial charge on any atom is -0.462 e. The van der Waals surface area contributed by atoms with Gasteiger partial charge in [0.2, 0.25) is 0 Å². The normalized spacial score (nSPS) is 14.1. The number of rotatable bonds is 5. The van der Waals surface area contributed by atoms with Gasteiger partial charge in [0.25, 0.3) is 0 Å². The molecule has 5 rings (SSSR count). The molecular weight excluding hydrogens is 406 g/mol. The van der Waals surface area contributed by atoms with E-state index in [4.69, 9.17) is 19.6 Å². The molecule has 0 saturated carbocycles. The average Bonchev–Trinajstić information content (AvgIpc) is 3.40. The zero-order valence-electron chi connectivity index (χ0n) is 18.2. The van der Waals surface area contributed by atoms with E-state index in [1.807, 2.05) is 48.0 Å². The van der Waals surface area contributed by atoms with Gasteiger partial charge in [0.15, 0.2) is 0 Å². The molecule has 8 nitrogen and oxygen atoms in total. The first-order valence-electron chi connectivity index (χ1n) is 10.8. The van der Waals surface area contributed by atoms with Crippen molar-refractivity contribution >= 4 is 22.8 Å². The summed E-state index contributed by atoms with van der Waals surface area (Å²) in [7, 11) is 0. The lowest BCUT2D eigenvalue weighted by Gasteiger charge is -2.30. The number of aromatic amines is 1. The maximum Gasteiger partial charge on any atom is 0.338 e. The maximum atomic E-state index is 12.2. The number of benzene rings is 2. The van der Waals surface area contributed by atoms with Crippen molar-refractivity contribution in [3.63, 3.8) is 0 Å². The first-order valence-corrected chi connectivity index (χ1v) is 10.8. The van der Waals surface area contributed by atoms with Crippen molar-refractivity contribution in [2.24, 2.45) is 0 Å². The Morgan fingerprint density at radius 1 is 1.16 bits per heavy atom. The summed E-state index contributed by atoms with van der Waals surface area (Å²) < 4.78 is 12.7. The SMILES string of the molecule is CCOC(=O)c1ccc2nc(-c3c(C)nn(-c4ccccc4)c3N3CCOCC3)[nH]c2c1. The number of aromatic nitrogens is 4. The van der Waals surface area contributed by atoms with Crippen molar-refractivity contribution in [1.82, 2.24) is 19.7 Å². The topological polar surface area (TPSA) is 85.3 Å². The summed E-state index contributed by atoms with van der Waals surface area (Å²) in [5.41, 5.74) is 4.88. The molecule has 2 aromatic heterocycles. The molecule has 8 heteroatoms. The lowest BCUT2D eigenvalue weighted by atomic mass is 10.2. The van der Waals surface area contributed by atoms with Gasteiger partial charge >= 0.3 is 5.97 Å². The van der Waals surface area contributed by atoms with Crippen molar-refractivity contribution in [3.05, 3.63) is 59.8 Å². The molecule has 1 saturated heterocycles. The molecule has 1 aliphatic rings. The fourth-order valence-electron chi connectivity index (χ4n) is 4.08. The number of ether oxygens (including phenoxy) is 2. The predicted molar refractivity (Wildman–Crippen MR) is 122 cm³/mol. The number of imidazole rings is 1. The molecule has 4 aromatic rings. The molecule has 1 aliphatic heterocycles. The molecule has 32 heavy (non-hydrogen) atoms. The van der Waals surface area contributed by atoms with E-state index in [-0.39, 0.29) is 5.97 Å². The Hall–Kier alpha value is -3.65. The fraction of sp³-hybridized carbons (Fsp3) is 0.292. The highest BCUT2D eigenvalue weighted by atomic mass is 16.5. The number of esters is 1. The first-order chi connectivity index (χ1) is 15.7. The summed E-state index contributed by atoms with van der Waals surface area (Å²) >= 11 is 0. The fourth-order valence-corrected chi connectivity index (χ4v) is 4.08. The zero-order chi connectivity index (χ0) is 22.1. The molecule has 0 bridgehead atoms. The average molecular weight is 431 g/mol. The standard InChI is InChI=1S/C24H25N5O3/c1-3-32-24(30)17-9-10-19-20(15-17)26-22(25-19)21-16(2)27-29(18-7-5-4-6-8-18)23(21)28-11-13-31-14-12-28/h4-10,15H,3,11-14H2,1-2H3,(H,25,26). The minimum atomic E-state index is -0.340. The molecule has 2 aromatic carbocycles. The van der Waals surface area contributed by atoms with Gasteiger partial charge in [-0.25, -0.2) is 14.5 Å². The van der Waals surface area contributed by atoms with E-state index in [9.17, 15) is 4.79 Å². The van der Waals surface area contributed by atoms with Crippen molar-refractivity contribution in [2.45, 2.75) is 13.8 Å². The second kappa shape index (κ2) is 8.47. The van der Waals surface area contributed by atoms with Crippen LogP contribution in [0, 0.1) is 6.92 Å². The van der Waals surface area contributed by atoms with Crippen LogP contribution in [0.25, 0.3) is 28.1 Å². The molecule has 0 spiro atoms. The number of fused-ring (bicyclic) bond motifs is 1. The summed E-state index contributed by atoms with van der Waals surface area (Å²) in [6, 6.07) is 15.5.